The molecule has 0 bridgehead atoms. The van der Waals surface area contributed by atoms with Gasteiger partial charge in [-0.25, -0.2) is 0 Å². The zero-order valence-electron chi connectivity index (χ0n) is 18.5. The third-order valence-corrected chi connectivity index (χ3v) is 8.59. The molecule has 1 N–H and O–H groups in total. The molecule has 2 saturated carbocycles. The molecule has 0 radical (unpaired) electrons. The van der Waals surface area contributed by atoms with Gasteiger partial charge in [-0.05, 0) is 80.7 Å². The largest absolute Gasteiger partial charge is 0.299 e. The van der Waals surface area contributed by atoms with Gasteiger partial charge in [-0.2, -0.15) is 17.4 Å². The predicted octanol–water partition coefficient (Wildman–Crippen LogP) is 2.77. The molecule has 1 aromatic carbocycles. The van der Waals surface area contributed by atoms with Crippen LogP contribution in [0.3, 0.4) is 0 Å². The Hall–Kier alpha value is -2.01. The van der Waals surface area contributed by atoms with E-state index in [9.17, 15) is 18.0 Å². The first-order chi connectivity index (χ1) is 14.6. The quantitative estimate of drug-likeness (QED) is 0.574. The molecule has 166 valence electrons. The molecule has 1 aliphatic heterocycles. The smallest absolute Gasteiger partial charge is 0.279 e. The second-order valence-corrected chi connectivity index (χ2v) is 11.1. The molecule has 7 heteroatoms. The molecule has 3 aliphatic rings. The Kier molecular flexibility index (Phi) is 5.84. The molecule has 2 aliphatic carbocycles. The lowest BCUT2D eigenvalue weighted by Gasteiger charge is -2.44. The van der Waals surface area contributed by atoms with Gasteiger partial charge in [0.1, 0.15) is 17.5 Å². The Morgan fingerprint density at radius 2 is 1.58 bits per heavy atom. The van der Waals surface area contributed by atoms with Crippen LogP contribution in [0.5, 0.6) is 0 Å². The Balaban J connectivity index is 1.49. The van der Waals surface area contributed by atoms with Crippen LogP contribution in [0.1, 0.15) is 73.6 Å². The lowest BCUT2D eigenvalue weighted by Crippen LogP contribution is -2.51. The van der Waals surface area contributed by atoms with Crippen LogP contribution in [0.15, 0.2) is 12.1 Å². The lowest BCUT2D eigenvalue weighted by atomic mass is 9.63. The first-order valence-corrected chi connectivity index (χ1v) is 12.4. The van der Waals surface area contributed by atoms with Crippen molar-refractivity contribution in [2.75, 3.05) is 13.1 Å². The Morgan fingerprint density at radius 3 is 2.06 bits per heavy atom. The zero-order valence-corrected chi connectivity index (χ0v) is 19.3. The fourth-order valence-electron chi connectivity index (χ4n) is 5.19. The Labute approximate surface area is 185 Å². The molecular formula is C24H30N2O4S. The van der Waals surface area contributed by atoms with Crippen molar-refractivity contribution in [2.24, 2.45) is 5.41 Å². The summed E-state index contributed by atoms with van der Waals surface area (Å²) in [5, 5.41) is 0. The van der Waals surface area contributed by atoms with E-state index in [1.807, 2.05) is 26.0 Å². The van der Waals surface area contributed by atoms with Gasteiger partial charge in [0.05, 0.1) is 0 Å². The van der Waals surface area contributed by atoms with Gasteiger partial charge < -0.3 is 0 Å². The number of nitrogens with one attached hydrogen (secondary N) is 1. The van der Waals surface area contributed by atoms with Gasteiger partial charge in [0.15, 0.2) is 0 Å². The summed E-state index contributed by atoms with van der Waals surface area (Å²) >= 11 is 0. The lowest BCUT2D eigenvalue weighted by molar-refractivity contribution is -0.138. The predicted molar refractivity (Wildman–Crippen MR) is 119 cm³/mol. The number of hydrogen-bond donors (Lipinski definition) is 1. The van der Waals surface area contributed by atoms with Crippen molar-refractivity contribution < 1.29 is 18.0 Å². The van der Waals surface area contributed by atoms with Crippen molar-refractivity contribution in [1.82, 2.24) is 9.03 Å². The molecular weight excluding hydrogens is 412 g/mol. The number of rotatable bonds is 4. The zero-order chi connectivity index (χ0) is 22.4. The molecule has 0 unspecified atom stereocenters. The molecule has 1 heterocycles. The van der Waals surface area contributed by atoms with Gasteiger partial charge in [0, 0.05) is 37.5 Å². The van der Waals surface area contributed by atoms with E-state index in [1.165, 1.54) is 4.31 Å². The molecule has 0 aromatic heterocycles. The molecule has 4 rings (SSSR count). The highest BCUT2D eigenvalue weighted by Gasteiger charge is 2.48. The fourth-order valence-corrected chi connectivity index (χ4v) is 6.66. The van der Waals surface area contributed by atoms with Crippen LogP contribution in [0.2, 0.25) is 0 Å². The third-order valence-electron chi connectivity index (χ3n) is 6.91. The van der Waals surface area contributed by atoms with Crippen molar-refractivity contribution in [3.05, 3.63) is 34.4 Å². The number of aryl methyl sites for hydroxylation is 2. The topological polar surface area (TPSA) is 83.6 Å². The summed E-state index contributed by atoms with van der Waals surface area (Å²) in [5.41, 5.74) is 3.15. The average Bonchev–Trinajstić information content (AvgIpc) is 3.47. The number of Topliss-reactive ketones (excluding diaryl/α,β-unsaturated/α-hetero) is 2. The van der Waals surface area contributed by atoms with Gasteiger partial charge in [0.25, 0.3) is 10.2 Å². The molecule has 3 fully saturated rings. The minimum Gasteiger partial charge on any atom is -0.299 e. The first kappa shape index (κ1) is 22.2. The van der Waals surface area contributed by atoms with Crippen LogP contribution in [0.25, 0.3) is 0 Å². The van der Waals surface area contributed by atoms with E-state index in [2.05, 4.69) is 16.6 Å². The minimum absolute atomic E-state index is 0.0378. The van der Waals surface area contributed by atoms with Crippen LogP contribution in [0.4, 0.5) is 0 Å². The van der Waals surface area contributed by atoms with E-state index in [4.69, 9.17) is 0 Å². The summed E-state index contributed by atoms with van der Waals surface area (Å²) in [5.74, 6) is 5.14. The van der Waals surface area contributed by atoms with Crippen molar-refractivity contribution in [1.29, 1.82) is 0 Å². The van der Waals surface area contributed by atoms with E-state index in [0.717, 1.165) is 35.1 Å². The van der Waals surface area contributed by atoms with Gasteiger partial charge in [-0.3, -0.25) is 9.59 Å². The Bertz CT molecular complexity index is 1040. The number of benzene rings is 1. The van der Waals surface area contributed by atoms with Crippen molar-refractivity contribution in [2.45, 2.75) is 71.3 Å². The summed E-state index contributed by atoms with van der Waals surface area (Å²) in [6, 6.07) is 3.96. The average molecular weight is 443 g/mol. The highest BCUT2D eigenvalue weighted by molar-refractivity contribution is 7.87. The molecule has 31 heavy (non-hydrogen) atoms. The summed E-state index contributed by atoms with van der Waals surface area (Å²) in [6.45, 7) is 6.37. The number of ketones is 2. The van der Waals surface area contributed by atoms with E-state index in [-0.39, 0.29) is 17.6 Å². The highest BCUT2D eigenvalue weighted by Crippen LogP contribution is 2.47. The second-order valence-electron chi connectivity index (χ2n) is 9.41. The maximum atomic E-state index is 13.2. The van der Waals surface area contributed by atoms with Crippen LogP contribution < -0.4 is 4.72 Å². The molecule has 0 atom stereocenters. The standard InChI is InChI=1S/C24H30N2O4S/c1-4-5-18-12-16(2)22(17(3)13-18)23-20(27)14-24(15-21(23)28)8-10-26(11-9-24)31(29,30)25-19-6-7-19/h12-13,19,23,25H,6-11,14-15H2,1-3H3. The monoisotopic (exact) mass is 442 g/mol. The van der Waals surface area contributed by atoms with E-state index in [1.54, 1.807) is 6.92 Å². The van der Waals surface area contributed by atoms with Gasteiger partial charge in [0.2, 0.25) is 0 Å². The van der Waals surface area contributed by atoms with Crippen LogP contribution in [-0.4, -0.2) is 43.4 Å². The SMILES string of the molecule is CC#Cc1cc(C)c(C2C(=O)CC3(CCN(S(=O)(=O)NC4CC4)CC3)CC2=O)c(C)c1. The minimum atomic E-state index is -3.47. The summed E-state index contributed by atoms with van der Waals surface area (Å²) in [4.78, 5) is 26.5. The van der Waals surface area contributed by atoms with Gasteiger partial charge in [-0.15, -0.1) is 5.92 Å². The number of carbonyl (C=O) groups excluding carboxylic acids is 2. The molecule has 1 aromatic rings. The van der Waals surface area contributed by atoms with Crippen LogP contribution in [0, 0.1) is 31.1 Å². The van der Waals surface area contributed by atoms with Crippen molar-refractivity contribution >= 4 is 21.8 Å². The van der Waals surface area contributed by atoms with E-state index < -0.39 is 21.5 Å². The number of nitrogens with zero attached hydrogens (tertiary/aromatic N) is 1. The van der Waals surface area contributed by atoms with E-state index >= 15 is 0 Å². The molecule has 1 spiro atoms. The van der Waals surface area contributed by atoms with E-state index in [0.29, 0.717) is 38.8 Å². The maximum absolute atomic E-state index is 13.2. The number of hydrogen-bond acceptors (Lipinski definition) is 4. The normalized spacial score (nSPS) is 22.4. The summed E-state index contributed by atoms with van der Waals surface area (Å²) < 4.78 is 29.2. The molecule has 1 saturated heterocycles. The number of carbonyl (C=O) groups is 2. The van der Waals surface area contributed by atoms with Gasteiger partial charge >= 0.3 is 0 Å². The first-order valence-electron chi connectivity index (χ1n) is 11.0. The van der Waals surface area contributed by atoms with Gasteiger partial charge in [-0.1, -0.05) is 5.92 Å². The summed E-state index contributed by atoms with van der Waals surface area (Å²) in [7, 11) is -3.47. The number of piperidine rings is 1. The molecule has 0 amide bonds. The third kappa shape index (κ3) is 4.48. The summed E-state index contributed by atoms with van der Waals surface area (Å²) in [6.07, 6.45) is 3.56. The maximum Gasteiger partial charge on any atom is 0.279 e. The highest BCUT2D eigenvalue weighted by atomic mass is 32.2. The molecule has 6 nitrogen and oxygen atoms in total. The Morgan fingerprint density at radius 1 is 1.03 bits per heavy atom. The van der Waals surface area contributed by atoms with Crippen LogP contribution in [-0.2, 0) is 19.8 Å². The fraction of sp³-hybridized carbons (Fsp3) is 0.583. The van der Waals surface area contributed by atoms with Crippen molar-refractivity contribution in [3.63, 3.8) is 0 Å². The second kappa shape index (κ2) is 8.16. The van der Waals surface area contributed by atoms with Crippen LogP contribution >= 0.6 is 0 Å². The van der Waals surface area contributed by atoms with Crippen molar-refractivity contribution in [3.8, 4) is 11.8 Å².